The second kappa shape index (κ2) is 3.95. The van der Waals surface area contributed by atoms with Crippen molar-refractivity contribution in [3.8, 4) is 6.07 Å². The van der Waals surface area contributed by atoms with Gasteiger partial charge >= 0.3 is 6.18 Å². The SMILES string of the molecule is N#Cc1nc(C(F)(F)F)ccc1S(=O)(=O)C1CC1. The van der Waals surface area contributed by atoms with Crippen LogP contribution >= 0.6 is 0 Å². The first kappa shape index (κ1) is 12.8. The van der Waals surface area contributed by atoms with E-state index in [-0.39, 0.29) is 0 Å². The Morgan fingerprint density at radius 1 is 1.33 bits per heavy atom. The molecule has 0 atom stereocenters. The van der Waals surface area contributed by atoms with Crippen LogP contribution in [0.15, 0.2) is 17.0 Å². The number of hydrogen-bond acceptors (Lipinski definition) is 4. The second-order valence-corrected chi connectivity index (χ2v) is 6.09. The van der Waals surface area contributed by atoms with E-state index in [0.29, 0.717) is 18.9 Å². The smallest absolute Gasteiger partial charge is 0.231 e. The van der Waals surface area contributed by atoms with Crippen LogP contribution in [0, 0.1) is 11.3 Å². The Morgan fingerprint density at radius 2 is 1.94 bits per heavy atom. The Hall–Kier alpha value is -1.62. The molecule has 1 aromatic heterocycles. The fraction of sp³-hybridized carbons (Fsp3) is 0.400. The molecular weight excluding hydrogens is 269 g/mol. The maximum absolute atomic E-state index is 12.4. The molecule has 8 heteroatoms. The number of alkyl halides is 3. The zero-order valence-corrected chi connectivity index (χ0v) is 9.72. The maximum Gasteiger partial charge on any atom is 0.433 e. The van der Waals surface area contributed by atoms with Gasteiger partial charge in [-0.05, 0) is 25.0 Å². The maximum atomic E-state index is 12.4. The summed E-state index contributed by atoms with van der Waals surface area (Å²) in [4.78, 5) is 2.66. The highest BCUT2D eigenvalue weighted by Gasteiger charge is 2.40. The molecule has 0 amide bonds. The minimum Gasteiger partial charge on any atom is -0.231 e. The normalized spacial score (nSPS) is 16.3. The van der Waals surface area contributed by atoms with Crippen LogP contribution in [-0.2, 0) is 16.0 Å². The summed E-state index contributed by atoms with van der Waals surface area (Å²) in [5.74, 6) is 0. The first-order valence-electron chi connectivity index (χ1n) is 4.99. The van der Waals surface area contributed by atoms with E-state index < -0.39 is 37.5 Å². The average Bonchev–Trinajstić information content (AvgIpc) is 3.10. The van der Waals surface area contributed by atoms with Gasteiger partial charge in [0.05, 0.1) is 5.25 Å². The van der Waals surface area contributed by atoms with E-state index in [2.05, 4.69) is 4.98 Å². The molecule has 96 valence electrons. The molecule has 1 fully saturated rings. The van der Waals surface area contributed by atoms with Gasteiger partial charge < -0.3 is 0 Å². The number of hydrogen-bond donors (Lipinski definition) is 0. The third-order valence-electron chi connectivity index (χ3n) is 2.52. The van der Waals surface area contributed by atoms with E-state index in [4.69, 9.17) is 5.26 Å². The summed E-state index contributed by atoms with van der Waals surface area (Å²) in [5.41, 5.74) is -1.97. The van der Waals surface area contributed by atoms with Gasteiger partial charge in [-0.2, -0.15) is 18.4 Å². The van der Waals surface area contributed by atoms with Crippen LogP contribution in [0.2, 0.25) is 0 Å². The molecule has 1 aliphatic rings. The van der Waals surface area contributed by atoms with Crippen LogP contribution in [0.5, 0.6) is 0 Å². The molecule has 0 N–H and O–H groups in total. The van der Waals surface area contributed by atoms with Crippen molar-refractivity contribution in [1.82, 2.24) is 4.98 Å². The van der Waals surface area contributed by atoms with Crippen molar-refractivity contribution >= 4 is 9.84 Å². The topological polar surface area (TPSA) is 70.8 Å². The zero-order chi connectivity index (χ0) is 13.6. The minimum atomic E-state index is -4.70. The lowest BCUT2D eigenvalue weighted by Gasteiger charge is -2.08. The van der Waals surface area contributed by atoms with Gasteiger partial charge in [-0.3, -0.25) is 0 Å². The van der Waals surface area contributed by atoms with Crippen molar-refractivity contribution in [1.29, 1.82) is 5.26 Å². The second-order valence-electron chi connectivity index (χ2n) is 3.90. The quantitative estimate of drug-likeness (QED) is 0.827. The summed E-state index contributed by atoms with van der Waals surface area (Å²) in [5, 5.41) is 8.14. The number of nitrogens with zero attached hydrogens (tertiary/aromatic N) is 2. The first-order valence-corrected chi connectivity index (χ1v) is 6.53. The summed E-state index contributed by atoms with van der Waals surface area (Å²) >= 11 is 0. The highest BCUT2D eigenvalue weighted by Crippen LogP contribution is 2.35. The van der Waals surface area contributed by atoms with E-state index >= 15 is 0 Å². The van der Waals surface area contributed by atoms with Gasteiger partial charge in [-0.25, -0.2) is 13.4 Å². The van der Waals surface area contributed by atoms with Gasteiger partial charge in [0, 0.05) is 0 Å². The fourth-order valence-electron chi connectivity index (χ4n) is 1.47. The molecule has 0 unspecified atom stereocenters. The molecule has 1 heterocycles. The summed E-state index contributed by atoms with van der Waals surface area (Å²) in [6, 6.07) is 2.79. The van der Waals surface area contributed by atoms with Crippen molar-refractivity contribution in [3.05, 3.63) is 23.5 Å². The number of pyridine rings is 1. The standard InChI is InChI=1S/C10H7F3N2O2S/c11-10(12,13)9-4-3-8(7(5-14)15-9)18(16,17)6-1-2-6/h3-4,6H,1-2H2. The van der Waals surface area contributed by atoms with Crippen molar-refractivity contribution < 1.29 is 21.6 Å². The summed E-state index contributed by atoms with van der Waals surface area (Å²) in [6.07, 6.45) is -3.77. The van der Waals surface area contributed by atoms with Gasteiger partial charge in [-0.15, -0.1) is 0 Å². The van der Waals surface area contributed by atoms with Gasteiger partial charge in [0.25, 0.3) is 0 Å². The molecule has 1 aromatic rings. The molecule has 1 saturated carbocycles. The molecular formula is C10H7F3N2O2S. The lowest BCUT2D eigenvalue weighted by atomic mass is 10.3. The monoisotopic (exact) mass is 276 g/mol. The Labute approximate surface area is 101 Å². The summed E-state index contributed by atoms with van der Waals surface area (Å²) in [7, 11) is -3.72. The molecule has 0 spiro atoms. The third-order valence-corrected chi connectivity index (χ3v) is 4.82. The van der Waals surface area contributed by atoms with Gasteiger partial charge in [-0.1, -0.05) is 0 Å². The molecule has 0 aromatic carbocycles. The third kappa shape index (κ3) is 2.18. The Morgan fingerprint density at radius 3 is 2.39 bits per heavy atom. The summed E-state index contributed by atoms with van der Waals surface area (Å²) in [6.45, 7) is 0. The van der Waals surface area contributed by atoms with E-state index in [0.717, 1.165) is 6.07 Å². The van der Waals surface area contributed by atoms with Crippen LogP contribution in [0.3, 0.4) is 0 Å². The predicted molar refractivity (Wildman–Crippen MR) is 54.2 cm³/mol. The summed E-state index contributed by atoms with van der Waals surface area (Å²) < 4.78 is 60.9. The highest BCUT2D eigenvalue weighted by atomic mass is 32.2. The Kier molecular flexibility index (Phi) is 2.81. The van der Waals surface area contributed by atoms with Crippen LogP contribution in [-0.4, -0.2) is 18.7 Å². The van der Waals surface area contributed by atoms with E-state index in [9.17, 15) is 21.6 Å². The van der Waals surface area contributed by atoms with E-state index in [1.165, 1.54) is 6.07 Å². The largest absolute Gasteiger partial charge is 0.433 e. The molecule has 4 nitrogen and oxygen atoms in total. The van der Waals surface area contributed by atoms with Gasteiger partial charge in [0.2, 0.25) is 0 Å². The van der Waals surface area contributed by atoms with E-state index in [1.54, 1.807) is 0 Å². The van der Waals surface area contributed by atoms with Crippen molar-refractivity contribution in [3.63, 3.8) is 0 Å². The van der Waals surface area contributed by atoms with E-state index in [1.807, 2.05) is 0 Å². The van der Waals surface area contributed by atoms with Gasteiger partial charge in [0.1, 0.15) is 16.7 Å². The molecule has 2 rings (SSSR count). The number of nitriles is 1. The number of sulfone groups is 1. The zero-order valence-electron chi connectivity index (χ0n) is 8.90. The molecule has 0 bridgehead atoms. The highest BCUT2D eigenvalue weighted by molar-refractivity contribution is 7.92. The van der Waals surface area contributed by atoms with Crippen LogP contribution < -0.4 is 0 Å². The number of aromatic nitrogens is 1. The number of halogens is 3. The van der Waals surface area contributed by atoms with Crippen molar-refractivity contribution in [2.75, 3.05) is 0 Å². The van der Waals surface area contributed by atoms with Crippen LogP contribution in [0.4, 0.5) is 13.2 Å². The van der Waals surface area contributed by atoms with Crippen LogP contribution in [0.1, 0.15) is 24.2 Å². The van der Waals surface area contributed by atoms with Crippen molar-refractivity contribution in [2.45, 2.75) is 29.2 Å². The Balaban J connectivity index is 2.55. The number of rotatable bonds is 2. The van der Waals surface area contributed by atoms with Gasteiger partial charge in [0.15, 0.2) is 15.5 Å². The lowest BCUT2D eigenvalue weighted by molar-refractivity contribution is -0.141. The Bertz CT molecular complexity index is 628. The minimum absolute atomic E-state index is 0.416. The molecule has 0 saturated heterocycles. The lowest BCUT2D eigenvalue weighted by Crippen LogP contribution is -2.14. The average molecular weight is 276 g/mol. The fourth-order valence-corrected chi connectivity index (χ4v) is 3.21. The molecule has 0 aliphatic heterocycles. The molecule has 18 heavy (non-hydrogen) atoms. The molecule has 1 aliphatic carbocycles. The van der Waals surface area contributed by atoms with Crippen LogP contribution in [0.25, 0.3) is 0 Å². The first-order chi connectivity index (χ1) is 8.26. The molecule has 0 radical (unpaired) electrons. The predicted octanol–water partition coefficient (Wildman–Crippen LogP) is 1.91. The van der Waals surface area contributed by atoms with Crippen molar-refractivity contribution in [2.24, 2.45) is 0 Å².